The Morgan fingerprint density at radius 1 is 1.40 bits per heavy atom. The molecule has 2 atom stereocenters. The maximum absolute atomic E-state index is 13.7. The molecular weight excluding hydrogens is 321 g/mol. The normalized spacial score (nSPS) is 21.2. The number of aromatic nitrogens is 2. The summed E-state index contributed by atoms with van der Waals surface area (Å²) in [5.41, 5.74) is 0.778. The third kappa shape index (κ3) is 4.20. The van der Waals surface area contributed by atoms with Gasteiger partial charge in [-0.1, -0.05) is 18.2 Å². The number of likely N-dealkylation sites (tertiary alicyclic amines) is 1. The van der Waals surface area contributed by atoms with Gasteiger partial charge in [-0.05, 0) is 37.9 Å². The molecule has 25 heavy (non-hydrogen) atoms. The topological polar surface area (TPSA) is 66.1 Å². The maximum atomic E-state index is 13.7. The summed E-state index contributed by atoms with van der Waals surface area (Å²) in [6, 6.07) is 6.60. The molecule has 1 aliphatic rings. The predicted molar refractivity (Wildman–Crippen MR) is 92.6 cm³/mol. The molecule has 0 amide bonds. The molecule has 0 bridgehead atoms. The third-order valence-corrected chi connectivity index (χ3v) is 4.93. The number of carbonyl (C=O) groups is 1. The zero-order valence-electron chi connectivity index (χ0n) is 14.2. The Kier molecular flexibility index (Phi) is 5.38. The van der Waals surface area contributed by atoms with Crippen LogP contribution in [-0.2, 0) is 17.8 Å². The molecule has 1 aromatic heterocycles. The summed E-state index contributed by atoms with van der Waals surface area (Å²) in [6.07, 6.45) is 4.68. The quantitative estimate of drug-likeness (QED) is 0.905. The molecule has 132 valence electrons. The first kappa shape index (κ1) is 17.5. The Labute approximate surface area is 145 Å². The van der Waals surface area contributed by atoms with Crippen molar-refractivity contribution in [3.8, 4) is 0 Å². The number of Topliss-reactive ketones (excluding diaryl/α,β-unsaturated/α-hetero) is 1. The van der Waals surface area contributed by atoms with Gasteiger partial charge in [0.1, 0.15) is 17.3 Å². The molecule has 1 saturated heterocycles. The van der Waals surface area contributed by atoms with Crippen molar-refractivity contribution in [2.45, 2.75) is 38.8 Å². The first-order valence-electron chi connectivity index (χ1n) is 8.57. The number of H-pyrrole nitrogens is 1. The van der Waals surface area contributed by atoms with Crippen molar-refractivity contribution in [3.05, 3.63) is 64.1 Å². The number of hydrogen-bond donors (Lipinski definition) is 1. The van der Waals surface area contributed by atoms with E-state index in [0.29, 0.717) is 17.8 Å². The highest BCUT2D eigenvalue weighted by atomic mass is 19.1. The fourth-order valence-electron chi connectivity index (χ4n) is 3.41. The van der Waals surface area contributed by atoms with Crippen LogP contribution in [0.2, 0.25) is 0 Å². The first-order valence-corrected chi connectivity index (χ1v) is 8.57. The van der Waals surface area contributed by atoms with E-state index in [1.807, 2.05) is 0 Å². The summed E-state index contributed by atoms with van der Waals surface area (Å²) < 4.78 is 13.7. The van der Waals surface area contributed by atoms with E-state index in [-0.39, 0.29) is 35.5 Å². The van der Waals surface area contributed by atoms with Gasteiger partial charge in [-0.2, -0.15) is 0 Å². The number of halogens is 1. The van der Waals surface area contributed by atoms with Crippen molar-refractivity contribution in [2.75, 3.05) is 6.54 Å². The Balaban J connectivity index is 1.60. The van der Waals surface area contributed by atoms with Gasteiger partial charge in [0.2, 0.25) is 0 Å². The van der Waals surface area contributed by atoms with Crippen molar-refractivity contribution < 1.29 is 9.18 Å². The van der Waals surface area contributed by atoms with Gasteiger partial charge in [0, 0.05) is 37.3 Å². The lowest BCUT2D eigenvalue weighted by molar-refractivity contribution is -0.124. The number of nitrogens with one attached hydrogen (secondary N) is 1. The van der Waals surface area contributed by atoms with Gasteiger partial charge in [0.05, 0.1) is 0 Å². The number of ketones is 1. The molecule has 2 aromatic rings. The van der Waals surface area contributed by atoms with Gasteiger partial charge in [-0.15, -0.1) is 0 Å². The second-order valence-corrected chi connectivity index (χ2v) is 6.64. The van der Waals surface area contributed by atoms with Gasteiger partial charge < -0.3 is 4.98 Å². The summed E-state index contributed by atoms with van der Waals surface area (Å²) in [6.45, 7) is 3.26. The van der Waals surface area contributed by atoms with E-state index in [1.54, 1.807) is 24.4 Å². The van der Waals surface area contributed by atoms with Crippen LogP contribution in [0.1, 0.15) is 31.0 Å². The number of nitrogens with zero attached hydrogens (tertiary/aromatic N) is 2. The van der Waals surface area contributed by atoms with Crippen LogP contribution < -0.4 is 5.56 Å². The molecule has 0 aliphatic carbocycles. The summed E-state index contributed by atoms with van der Waals surface area (Å²) in [5, 5.41) is 0. The Morgan fingerprint density at radius 3 is 2.92 bits per heavy atom. The standard InChI is InChI=1S/C19H22FN3O2/c1-13-10-15(18(24)11-14-4-2-3-5-16(14)20)6-9-23(13)12-17-19(25)22-8-7-21-17/h2-5,7-8,13,15H,6,9-12H2,1H3,(H,22,25)/t13-,15+/m0/s1. The van der Waals surface area contributed by atoms with Crippen molar-refractivity contribution in [1.29, 1.82) is 0 Å². The number of hydrogen-bond acceptors (Lipinski definition) is 4. The largest absolute Gasteiger partial charge is 0.326 e. The van der Waals surface area contributed by atoms with E-state index in [4.69, 9.17) is 0 Å². The highest BCUT2D eigenvalue weighted by Gasteiger charge is 2.30. The fourth-order valence-corrected chi connectivity index (χ4v) is 3.41. The Bertz CT molecular complexity index is 805. The average molecular weight is 343 g/mol. The average Bonchev–Trinajstić information content (AvgIpc) is 2.60. The summed E-state index contributed by atoms with van der Waals surface area (Å²) in [7, 11) is 0. The molecule has 6 heteroatoms. The molecule has 0 unspecified atom stereocenters. The summed E-state index contributed by atoms with van der Waals surface area (Å²) in [5.74, 6) is -0.295. The van der Waals surface area contributed by atoms with E-state index < -0.39 is 0 Å². The Hall–Kier alpha value is -2.34. The van der Waals surface area contributed by atoms with E-state index >= 15 is 0 Å². The minimum atomic E-state index is -0.323. The van der Waals surface area contributed by atoms with E-state index in [1.165, 1.54) is 12.3 Å². The van der Waals surface area contributed by atoms with Crippen LogP contribution in [0.3, 0.4) is 0 Å². The van der Waals surface area contributed by atoms with Crippen LogP contribution in [0.4, 0.5) is 4.39 Å². The molecule has 3 rings (SSSR count). The van der Waals surface area contributed by atoms with Crippen molar-refractivity contribution >= 4 is 5.78 Å². The van der Waals surface area contributed by atoms with E-state index in [9.17, 15) is 14.0 Å². The van der Waals surface area contributed by atoms with Crippen molar-refractivity contribution in [3.63, 3.8) is 0 Å². The number of benzene rings is 1. The minimum absolute atomic E-state index is 0.0622. The van der Waals surface area contributed by atoms with Crippen LogP contribution in [-0.4, -0.2) is 33.2 Å². The zero-order valence-corrected chi connectivity index (χ0v) is 14.2. The minimum Gasteiger partial charge on any atom is -0.326 e. The van der Waals surface area contributed by atoms with Crippen LogP contribution in [0.25, 0.3) is 0 Å². The SMILES string of the molecule is C[C@H]1C[C@H](C(=O)Cc2ccccc2F)CCN1Cc1ncc[nH]c1=O. The lowest BCUT2D eigenvalue weighted by Gasteiger charge is -2.36. The number of rotatable bonds is 5. The summed E-state index contributed by atoms with van der Waals surface area (Å²) >= 11 is 0. The molecule has 1 aliphatic heterocycles. The number of carbonyl (C=O) groups excluding carboxylic acids is 1. The molecular formula is C19H22FN3O2. The molecule has 1 aromatic carbocycles. The lowest BCUT2D eigenvalue weighted by Crippen LogP contribution is -2.43. The van der Waals surface area contributed by atoms with E-state index in [0.717, 1.165) is 19.4 Å². The molecule has 0 spiro atoms. The molecule has 1 N–H and O–H groups in total. The second kappa shape index (κ2) is 7.70. The smallest absolute Gasteiger partial charge is 0.270 e. The predicted octanol–water partition coefficient (Wildman–Crippen LogP) is 2.32. The summed E-state index contributed by atoms with van der Waals surface area (Å²) in [4.78, 5) is 33.2. The number of piperidine rings is 1. The molecule has 0 saturated carbocycles. The number of aromatic amines is 1. The maximum Gasteiger partial charge on any atom is 0.270 e. The van der Waals surface area contributed by atoms with Crippen LogP contribution >= 0.6 is 0 Å². The third-order valence-electron chi connectivity index (χ3n) is 4.93. The van der Waals surface area contributed by atoms with Gasteiger partial charge in [0.15, 0.2) is 0 Å². The highest BCUT2D eigenvalue weighted by molar-refractivity contribution is 5.83. The van der Waals surface area contributed by atoms with Crippen molar-refractivity contribution in [1.82, 2.24) is 14.9 Å². The molecule has 1 fully saturated rings. The molecule has 2 heterocycles. The second-order valence-electron chi connectivity index (χ2n) is 6.64. The van der Waals surface area contributed by atoms with Gasteiger partial charge >= 0.3 is 0 Å². The zero-order chi connectivity index (χ0) is 17.8. The van der Waals surface area contributed by atoms with Gasteiger partial charge in [-0.3, -0.25) is 19.5 Å². The van der Waals surface area contributed by atoms with Gasteiger partial charge in [0.25, 0.3) is 5.56 Å². The van der Waals surface area contributed by atoms with Crippen molar-refractivity contribution in [2.24, 2.45) is 5.92 Å². The monoisotopic (exact) mass is 343 g/mol. The highest BCUT2D eigenvalue weighted by Crippen LogP contribution is 2.26. The lowest BCUT2D eigenvalue weighted by atomic mass is 9.85. The molecule has 0 radical (unpaired) electrons. The van der Waals surface area contributed by atoms with Gasteiger partial charge in [-0.25, -0.2) is 4.39 Å². The van der Waals surface area contributed by atoms with Crippen LogP contribution in [0, 0.1) is 11.7 Å². The fraction of sp³-hybridized carbons (Fsp3) is 0.421. The Morgan fingerprint density at radius 2 is 2.20 bits per heavy atom. The first-order chi connectivity index (χ1) is 12.0. The molecule has 5 nitrogen and oxygen atoms in total. The van der Waals surface area contributed by atoms with E-state index in [2.05, 4.69) is 21.8 Å². The van der Waals surface area contributed by atoms with Crippen LogP contribution in [0.5, 0.6) is 0 Å². The van der Waals surface area contributed by atoms with Crippen LogP contribution in [0.15, 0.2) is 41.5 Å².